The third kappa shape index (κ3) is 5.84. The molecule has 0 saturated heterocycles. The van der Waals surface area contributed by atoms with Crippen LogP contribution in [0.25, 0.3) is 0 Å². The van der Waals surface area contributed by atoms with Crippen LogP contribution in [-0.2, 0) is 11.3 Å². The molecule has 0 aliphatic rings. The van der Waals surface area contributed by atoms with Crippen molar-refractivity contribution in [1.29, 1.82) is 0 Å². The zero-order valence-corrected chi connectivity index (χ0v) is 14.4. The molecule has 0 unspecified atom stereocenters. The highest BCUT2D eigenvalue weighted by atomic mass is 16.6. The first-order valence-electron chi connectivity index (χ1n) is 7.79. The second-order valence-corrected chi connectivity index (χ2v) is 6.42. The molecule has 0 aromatic heterocycles. The zero-order chi connectivity index (χ0) is 18.4. The van der Waals surface area contributed by atoms with Gasteiger partial charge in [-0.3, -0.25) is 5.32 Å². The Kier molecular flexibility index (Phi) is 5.64. The van der Waals surface area contributed by atoms with Gasteiger partial charge in [-0.15, -0.1) is 0 Å². The van der Waals surface area contributed by atoms with Crippen LogP contribution in [0.5, 0.6) is 5.75 Å². The summed E-state index contributed by atoms with van der Waals surface area (Å²) in [5.74, 6) is -0.817. The molecule has 0 heterocycles. The Balaban J connectivity index is 2.19. The van der Waals surface area contributed by atoms with Gasteiger partial charge in [-0.25, -0.2) is 9.59 Å². The SMILES string of the molecule is CC(C)(C)OC(=O)Nc1ccc(C(=O)O)cc1OCc1ccccc1. The van der Waals surface area contributed by atoms with E-state index in [1.165, 1.54) is 18.2 Å². The van der Waals surface area contributed by atoms with Gasteiger partial charge in [-0.05, 0) is 44.5 Å². The first-order valence-corrected chi connectivity index (χ1v) is 7.79. The fourth-order valence-corrected chi connectivity index (χ4v) is 2.03. The van der Waals surface area contributed by atoms with Crippen molar-refractivity contribution in [2.24, 2.45) is 0 Å². The number of amides is 1. The molecular formula is C19H21NO5. The number of aromatic carboxylic acids is 1. The second-order valence-electron chi connectivity index (χ2n) is 6.42. The average Bonchev–Trinajstić information content (AvgIpc) is 2.53. The normalized spacial score (nSPS) is 10.8. The molecule has 25 heavy (non-hydrogen) atoms. The number of rotatable bonds is 5. The third-order valence-corrected chi connectivity index (χ3v) is 3.10. The summed E-state index contributed by atoms with van der Waals surface area (Å²) in [6.07, 6.45) is -0.639. The van der Waals surface area contributed by atoms with E-state index in [1.807, 2.05) is 30.3 Å². The topological polar surface area (TPSA) is 84.9 Å². The van der Waals surface area contributed by atoms with Crippen molar-refractivity contribution in [3.63, 3.8) is 0 Å². The highest BCUT2D eigenvalue weighted by Crippen LogP contribution is 2.27. The summed E-state index contributed by atoms with van der Waals surface area (Å²) < 4.78 is 10.9. The lowest BCUT2D eigenvalue weighted by molar-refractivity contribution is 0.0634. The Hall–Kier alpha value is -3.02. The van der Waals surface area contributed by atoms with Gasteiger partial charge in [0.05, 0.1) is 11.3 Å². The van der Waals surface area contributed by atoms with Crippen molar-refractivity contribution < 1.29 is 24.2 Å². The minimum Gasteiger partial charge on any atom is -0.487 e. The third-order valence-electron chi connectivity index (χ3n) is 3.10. The van der Waals surface area contributed by atoms with E-state index < -0.39 is 17.7 Å². The Bertz CT molecular complexity index is 750. The van der Waals surface area contributed by atoms with E-state index in [4.69, 9.17) is 14.6 Å². The number of carbonyl (C=O) groups is 2. The highest BCUT2D eigenvalue weighted by Gasteiger charge is 2.18. The Morgan fingerprint density at radius 2 is 1.76 bits per heavy atom. The molecule has 6 nitrogen and oxygen atoms in total. The molecule has 2 rings (SSSR count). The maximum atomic E-state index is 12.0. The van der Waals surface area contributed by atoms with Crippen LogP contribution in [0.2, 0.25) is 0 Å². The molecule has 0 bridgehead atoms. The van der Waals surface area contributed by atoms with E-state index in [-0.39, 0.29) is 17.9 Å². The van der Waals surface area contributed by atoms with Gasteiger partial charge in [-0.1, -0.05) is 30.3 Å². The van der Waals surface area contributed by atoms with Crippen molar-refractivity contribution in [2.45, 2.75) is 33.0 Å². The van der Waals surface area contributed by atoms with Gasteiger partial charge < -0.3 is 14.6 Å². The molecule has 0 atom stereocenters. The fraction of sp³-hybridized carbons (Fsp3) is 0.263. The predicted octanol–water partition coefficient (Wildman–Crippen LogP) is 4.31. The summed E-state index contributed by atoms with van der Waals surface area (Å²) >= 11 is 0. The molecule has 6 heteroatoms. The molecule has 0 saturated carbocycles. The van der Waals surface area contributed by atoms with E-state index >= 15 is 0 Å². The minimum absolute atomic E-state index is 0.0674. The molecule has 2 aromatic carbocycles. The smallest absolute Gasteiger partial charge is 0.412 e. The number of anilines is 1. The van der Waals surface area contributed by atoms with Gasteiger partial charge in [0, 0.05) is 0 Å². The number of hydrogen-bond acceptors (Lipinski definition) is 4. The van der Waals surface area contributed by atoms with E-state index in [0.717, 1.165) is 5.56 Å². The first kappa shape index (κ1) is 18.3. The molecule has 0 fully saturated rings. The van der Waals surface area contributed by atoms with E-state index in [1.54, 1.807) is 20.8 Å². The average molecular weight is 343 g/mol. The first-order chi connectivity index (χ1) is 11.7. The standard InChI is InChI=1S/C19H21NO5/c1-19(2,3)25-18(23)20-15-10-9-14(17(21)22)11-16(15)24-12-13-7-5-4-6-8-13/h4-11H,12H2,1-3H3,(H,20,23)(H,21,22). The Labute approximate surface area is 146 Å². The molecule has 2 aromatic rings. The highest BCUT2D eigenvalue weighted by molar-refractivity contribution is 5.92. The van der Waals surface area contributed by atoms with Crippen LogP contribution in [0.3, 0.4) is 0 Å². The molecular weight excluding hydrogens is 322 g/mol. The summed E-state index contributed by atoms with van der Waals surface area (Å²) in [6, 6.07) is 13.7. The second kappa shape index (κ2) is 7.70. The predicted molar refractivity (Wildman–Crippen MR) is 94.0 cm³/mol. The molecule has 0 spiro atoms. The molecule has 0 radical (unpaired) electrons. The number of ether oxygens (including phenoxy) is 2. The van der Waals surface area contributed by atoms with Crippen LogP contribution in [0.1, 0.15) is 36.7 Å². The molecule has 132 valence electrons. The Morgan fingerprint density at radius 3 is 2.36 bits per heavy atom. The van der Waals surface area contributed by atoms with Gasteiger partial charge in [0.15, 0.2) is 0 Å². The van der Waals surface area contributed by atoms with E-state index in [0.29, 0.717) is 5.69 Å². The monoisotopic (exact) mass is 343 g/mol. The van der Waals surface area contributed by atoms with Gasteiger partial charge in [0.25, 0.3) is 0 Å². The van der Waals surface area contributed by atoms with Crippen molar-refractivity contribution >= 4 is 17.7 Å². The number of hydrogen-bond donors (Lipinski definition) is 2. The van der Waals surface area contributed by atoms with Gasteiger partial charge in [-0.2, -0.15) is 0 Å². The number of benzene rings is 2. The van der Waals surface area contributed by atoms with E-state index in [9.17, 15) is 9.59 Å². The maximum Gasteiger partial charge on any atom is 0.412 e. The van der Waals surface area contributed by atoms with Crippen molar-refractivity contribution in [3.05, 3.63) is 59.7 Å². The van der Waals surface area contributed by atoms with Crippen LogP contribution in [0.15, 0.2) is 48.5 Å². The number of nitrogens with one attached hydrogen (secondary N) is 1. The van der Waals surface area contributed by atoms with Crippen LogP contribution in [0.4, 0.5) is 10.5 Å². The number of carboxylic acids is 1. The lowest BCUT2D eigenvalue weighted by Gasteiger charge is -2.20. The molecule has 0 aliphatic heterocycles. The van der Waals surface area contributed by atoms with Crippen LogP contribution < -0.4 is 10.1 Å². The lowest BCUT2D eigenvalue weighted by atomic mass is 10.2. The maximum absolute atomic E-state index is 12.0. The summed E-state index contributed by atoms with van der Waals surface area (Å²) in [6.45, 7) is 5.51. The van der Waals surface area contributed by atoms with Crippen molar-refractivity contribution in [2.75, 3.05) is 5.32 Å². The van der Waals surface area contributed by atoms with Gasteiger partial charge in [0.1, 0.15) is 18.0 Å². The molecule has 1 amide bonds. The summed E-state index contributed by atoms with van der Waals surface area (Å²) in [4.78, 5) is 23.1. The summed E-state index contributed by atoms with van der Waals surface area (Å²) in [5.41, 5.74) is 0.690. The van der Waals surface area contributed by atoms with Crippen LogP contribution in [-0.4, -0.2) is 22.8 Å². The van der Waals surface area contributed by atoms with E-state index in [2.05, 4.69) is 5.32 Å². The summed E-state index contributed by atoms with van der Waals surface area (Å²) in [7, 11) is 0. The number of carboxylic acid groups (broad SMARTS) is 1. The Morgan fingerprint density at radius 1 is 1.08 bits per heavy atom. The van der Waals surface area contributed by atoms with Crippen molar-refractivity contribution in [3.8, 4) is 5.75 Å². The van der Waals surface area contributed by atoms with Crippen LogP contribution >= 0.6 is 0 Å². The fourth-order valence-electron chi connectivity index (χ4n) is 2.03. The largest absolute Gasteiger partial charge is 0.487 e. The lowest BCUT2D eigenvalue weighted by Crippen LogP contribution is -2.27. The number of carbonyl (C=O) groups excluding carboxylic acids is 1. The quantitative estimate of drug-likeness (QED) is 0.845. The molecule has 2 N–H and O–H groups in total. The van der Waals surface area contributed by atoms with Gasteiger partial charge >= 0.3 is 12.1 Å². The minimum atomic E-state index is -1.08. The summed E-state index contributed by atoms with van der Waals surface area (Å²) in [5, 5.41) is 11.7. The van der Waals surface area contributed by atoms with Crippen molar-refractivity contribution in [1.82, 2.24) is 0 Å². The van der Waals surface area contributed by atoms with Crippen LogP contribution in [0, 0.1) is 0 Å². The zero-order valence-electron chi connectivity index (χ0n) is 14.4. The molecule has 0 aliphatic carbocycles. The van der Waals surface area contributed by atoms with Gasteiger partial charge in [0.2, 0.25) is 0 Å².